The van der Waals surface area contributed by atoms with Crippen molar-refractivity contribution in [3.05, 3.63) is 42.5 Å². The first-order chi connectivity index (χ1) is 15.2. The van der Waals surface area contributed by atoms with E-state index in [0.717, 1.165) is 16.1 Å². The number of anilines is 2. The zero-order valence-electron chi connectivity index (χ0n) is 17.7. The molecule has 0 unspecified atom stereocenters. The predicted molar refractivity (Wildman–Crippen MR) is 122 cm³/mol. The van der Waals surface area contributed by atoms with E-state index in [-0.39, 0.29) is 40.1 Å². The van der Waals surface area contributed by atoms with Gasteiger partial charge in [-0.1, -0.05) is 23.9 Å². The van der Waals surface area contributed by atoms with Gasteiger partial charge in [-0.2, -0.15) is 0 Å². The largest absolute Gasteiger partial charge is 0.431 e. The van der Waals surface area contributed by atoms with Crippen molar-refractivity contribution in [2.45, 2.75) is 29.5 Å². The van der Waals surface area contributed by atoms with E-state index < -0.39 is 10.0 Å². The van der Waals surface area contributed by atoms with E-state index >= 15 is 0 Å². The summed E-state index contributed by atoms with van der Waals surface area (Å²) in [5.74, 6) is -0.289. The number of nitrogens with zero attached hydrogens (tertiary/aromatic N) is 3. The molecule has 0 spiro atoms. The summed E-state index contributed by atoms with van der Waals surface area (Å²) in [6.45, 7) is 1.83. The number of nitrogens with one attached hydrogen (secondary N) is 1. The van der Waals surface area contributed by atoms with Crippen LogP contribution in [0.1, 0.15) is 13.3 Å². The summed E-state index contributed by atoms with van der Waals surface area (Å²) in [6, 6.07) is 11.3. The highest BCUT2D eigenvalue weighted by Crippen LogP contribution is 2.33. The number of oxazole rings is 1. The first-order valence-corrected chi connectivity index (χ1v) is 12.3. The molecule has 2 amide bonds. The lowest BCUT2D eigenvalue weighted by Crippen LogP contribution is -2.40. The van der Waals surface area contributed by atoms with Gasteiger partial charge in [0.2, 0.25) is 21.8 Å². The average molecular weight is 475 g/mol. The molecule has 0 fully saturated rings. The van der Waals surface area contributed by atoms with E-state index in [1.807, 2.05) is 13.0 Å². The number of aromatic nitrogens is 1. The molecule has 1 aliphatic heterocycles. The van der Waals surface area contributed by atoms with Gasteiger partial charge in [-0.15, -0.1) is 0 Å². The fourth-order valence-electron chi connectivity index (χ4n) is 3.48. The van der Waals surface area contributed by atoms with Crippen LogP contribution in [0.2, 0.25) is 0 Å². The third-order valence-electron chi connectivity index (χ3n) is 5.07. The first-order valence-electron chi connectivity index (χ1n) is 9.83. The maximum Gasteiger partial charge on any atom is 0.257 e. The molecule has 0 aliphatic carbocycles. The van der Waals surface area contributed by atoms with E-state index in [1.54, 1.807) is 29.2 Å². The first kappa shape index (κ1) is 22.3. The van der Waals surface area contributed by atoms with Crippen molar-refractivity contribution in [1.29, 1.82) is 0 Å². The molecule has 4 rings (SSSR count). The lowest BCUT2D eigenvalue weighted by molar-refractivity contribution is -0.117. The molecule has 2 heterocycles. The summed E-state index contributed by atoms with van der Waals surface area (Å²) >= 11 is 1.12. The Hall–Kier alpha value is -2.89. The van der Waals surface area contributed by atoms with E-state index in [1.165, 1.54) is 26.2 Å². The molecule has 1 N–H and O–H groups in total. The highest BCUT2D eigenvalue weighted by molar-refractivity contribution is 7.99. The Balaban J connectivity index is 1.54. The fourth-order valence-corrected chi connectivity index (χ4v) is 5.10. The van der Waals surface area contributed by atoms with E-state index in [9.17, 15) is 18.0 Å². The van der Waals surface area contributed by atoms with Crippen molar-refractivity contribution in [2.24, 2.45) is 0 Å². The molecule has 1 atom stereocenters. The summed E-state index contributed by atoms with van der Waals surface area (Å²) < 4.78 is 31.5. The van der Waals surface area contributed by atoms with E-state index in [0.29, 0.717) is 22.5 Å². The van der Waals surface area contributed by atoms with Crippen molar-refractivity contribution in [2.75, 3.05) is 30.1 Å². The molecule has 11 heteroatoms. The van der Waals surface area contributed by atoms with Crippen LogP contribution in [-0.4, -0.2) is 55.4 Å². The molecule has 0 saturated heterocycles. The predicted octanol–water partition coefficient (Wildman–Crippen LogP) is 2.93. The van der Waals surface area contributed by atoms with Gasteiger partial charge < -0.3 is 14.6 Å². The number of carbonyl (C=O) groups is 2. The summed E-state index contributed by atoms with van der Waals surface area (Å²) in [7, 11) is -0.674. The fraction of sp³-hybridized carbons (Fsp3) is 0.286. The van der Waals surface area contributed by atoms with Gasteiger partial charge in [0.25, 0.3) is 5.22 Å². The minimum absolute atomic E-state index is 0.0442. The third kappa shape index (κ3) is 4.23. The Morgan fingerprint density at radius 2 is 2.03 bits per heavy atom. The van der Waals surface area contributed by atoms with Crippen LogP contribution in [0.4, 0.5) is 11.4 Å². The van der Waals surface area contributed by atoms with Crippen LogP contribution in [-0.2, 0) is 19.6 Å². The zero-order chi connectivity index (χ0) is 23.0. The van der Waals surface area contributed by atoms with Crippen LogP contribution in [0.25, 0.3) is 11.1 Å². The lowest BCUT2D eigenvalue weighted by atomic mass is 10.2. The molecule has 0 radical (unpaired) electrons. The maximum absolute atomic E-state index is 13.1. The van der Waals surface area contributed by atoms with Crippen molar-refractivity contribution in [1.82, 2.24) is 9.29 Å². The number of fused-ring (bicyclic) bond motifs is 2. The minimum Gasteiger partial charge on any atom is -0.431 e. The van der Waals surface area contributed by atoms with Gasteiger partial charge in [-0.3, -0.25) is 9.59 Å². The standard InChI is InChI=1S/C21H22N4O5S2/c1-13-10-19(26)22-15-6-4-5-7-17(15)25(13)20(27)12-31-21-23-16-11-14(8-9-18(16)30-21)32(28,29)24(2)3/h4-9,11,13H,10,12H2,1-3H3,(H,22,26)/t13-/m1/s1. The minimum atomic E-state index is -3.59. The highest BCUT2D eigenvalue weighted by Gasteiger charge is 2.29. The zero-order valence-corrected chi connectivity index (χ0v) is 19.4. The molecule has 168 valence electrons. The second-order valence-corrected chi connectivity index (χ2v) is 10.6. The molecule has 2 aromatic carbocycles. The quantitative estimate of drug-likeness (QED) is 0.566. The van der Waals surface area contributed by atoms with Gasteiger partial charge in [0, 0.05) is 26.6 Å². The smallest absolute Gasteiger partial charge is 0.257 e. The molecular formula is C21H22N4O5S2. The molecule has 0 saturated carbocycles. The Morgan fingerprint density at radius 3 is 2.78 bits per heavy atom. The van der Waals surface area contributed by atoms with Gasteiger partial charge in [0.15, 0.2) is 5.58 Å². The number of thioether (sulfide) groups is 1. The SMILES string of the molecule is C[C@@H]1CC(=O)Nc2ccccc2N1C(=O)CSc1nc2cc(S(=O)(=O)N(C)C)ccc2o1. The average Bonchev–Trinajstić information content (AvgIpc) is 3.09. The van der Waals surface area contributed by atoms with Gasteiger partial charge in [0.05, 0.1) is 22.0 Å². The number of hydrogen-bond acceptors (Lipinski definition) is 7. The Kier molecular flexibility index (Phi) is 5.97. The lowest BCUT2D eigenvalue weighted by Gasteiger charge is -2.27. The topological polar surface area (TPSA) is 113 Å². The molecule has 32 heavy (non-hydrogen) atoms. The molecule has 1 aromatic heterocycles. The van der Waals surface area contributed by atoms with Crippen LogP contribution >= 0.6 is 11.8 Å². The van der Waals surface area contributed by atoms with Gasteiger partial charge in [-0.25, -0.2) is 17.7 Å². The van der Waals surface area contributed by atoms with E-state index in [4.69, 9.17) is 4.42 Å². The number of rotatable bonds is 5. The number of carbonyl (C=O) groups excluding carboxylic acids is 2. The molecule has 9 nitrogen and oxygen atoms in total. The second kappa shape index (κ2) is 8.57. The van der Waals surface area contributed by atoms with Gasteiger partial charge in [0.1, 0.15) is 5.52 Å². The Bertz CT molecular complexity index is 1300. The van der Waals surface area contributed by atoms with Crippen LogP contribution in [0.3, 0.4) is 0 Å². The van der Waals surface area contributed by atoms with E-state index in [2.05, 4.69) is 10.3 Å². The van der Waals surface area contributed by atoms with Crippen LogP contribution < -0.4 is 10.2 Å². The summed E-state index contributed by atoms with van der Waals surface area (Å²) in [5, 5.41) is 3.09. The highest BCUT2D eigenvalue weighted by atomic mass is 32.2. The number of sulfonamides is 1. The van der Waals surface area contributed by atoms with Gasteiger partial charge >= 0.3 is 0 Å². The van der Waals surface area contributed by atoms with Gasteiger partial charge in [-0.05, 0) is 37.3 Å². The van der Waals surface area contributed by atoms with Crippen LogP contribution in [0, 0.1) is 0 Å². The second-order valence-electron chi connectivity index (χ2n) is 7.57. The number of benzene rings is 2. The molecular weight excluding hydrogens is 452 g/mol. The maximum atomic E-state index is 13.1. The molecule has 1 aliphatic rings. The van der Waals surface area contributed by atoms with Crippen LogP contribution in [0.15, 0.2) is 57.0 Å². The number of para-hydroxylation sites is 2. The Labute approximate surface area is 189 Å². The third-order valence-corrected chi connectivity index (χ3v) is 7.69. The van der Waals surface area contributed by atoms with Crippen molar-refractivity contribution in [3.63, 3.8) is 0 Å². The van der Waals surface area contributed by atoms with Crippen molar-refractivity contribution in [3.8, 4) is 0 Å². The Morgan fingerprint density at radius 1 is 1.28 bits per heavy atom. The molecule has 3 aromatic rings. The van der Waals surface area contributed by atoms with Crippen molar-refractivity contribution < 1.29 is 22.4 Å². The van der Waals surface area contributed by atoms with Crippen LogP contribution in [0.5, 0.6) is 0 Å². The van der Waals surface area contributed by atoms with Crippen molar-refractivity contribution >= 4 is 56.1 Å². The number of amides is 2. The normalized spacial score (nSPS) is 16.7. The summed E-state index contributed by atoms with van der Waals surface area (Å²) in [4.78, 5) is 31.3. The summed E-state index contributed by atoms with van der Waals surface area (Å²) in [6.07, 6.45) is 0.192. The summed E-state index contributed by atoms with van der Waals surface area (Å²) in [5.41, 5.74) is 2.07. The molecule has 0 bridgehead atoms. The number of hydrogen-bond donors (Lipinski definition) is 1. The monoisotopic (exact) mass is 474 g/mol.